The highest BCUT2D eigenvalue weighted by atomic mass is 19.1. The molecule has 23 heavy (non-hydrogen) atoms. The molecule has 0 spiro atoms. The first-order valence-electron chi connectivity index (χ1n) is 7.23. The summed E-state index contributed by atoms with van der Waals surface area (Å²) in [5.74, 6) is -1.92. The lowest BCUT2D eigenvalue weighted by Crippen LogP contribution is -2.41. The van der Waals surface area contributed by atoms with Crippen molar-refractivity contribution < 1.29 is 28.0 Å². The Morgan fingerprint density at radius 3 is 2.26 bits per heavy atom. The van der Waals surface area contributed by atoms with Crippen molar-refractivity contribution >= 4 is 19.5 Å². The molecule has 0 aromatic heterocycles. The Morgan fingerprint density at radius 2 is 1.78 bits per heavy atom. The summed E-state index contributed by atoms with van der Waals surface area (Å²) in [7, 11) is -0.853. The van der Waals surface area contributed by atoms with E-state index in [-0.39, 0.29) is 17.3 Å². The van der Waals surface area contributed by atoms with E-state index in [0.717, 1.165) is 6.07 Å². The van der Waals surface area contributed by atoms with Crippen LogP contribution in [0.15, 0.2) is 17.6 Å². The maximum atomic E-state index is 14.1. The molecule has 0 saturated carbocycles. The number of hydrogen-bond donors (Lipinski definition) is 1. The standard InChI is InChI=1S/C16H19BF2O4/c1-15(2)16(3,4)23-17(22-15)11(8-20)7-10-5-6-13(18)12(9-21)14(10)19/h5-7,9,20H,8H2,1-4H3. The normalized spacial score (nSPS) is 20.0. The average molecular weight is 324 g/mol. The molecule has 0 bridgehead atoms. The van der Waals surface area contributed by atoms with Crippen LogP contribution < -0.4 is 0 Å². The van der Waals surface area contributed by atoms with Crippen LogP contribution in [0.4, 0.5) is 8.78 Å². The van der Waals surface area contributed by atoms with E-state index < -0.39 is 42.1 Å². The van der Waals surface area contributed by atoms with Crippen LogP contribution in [-0.2, 0) is 9.31 Å². The van der Waals surface area contributed by atoms with Gasteiger partial charge in [-0.2, -0.15) is 0 Å². The summed E-state index contributed by atoms with van der Waals surface area (Å²) in [5.41, 5.74) is -1.61. The predicted octanol–water partition coefficient (Wildman–Crippen LogP) is 2.78. The molecule has 1 aromatic carbocycles. The van der Waals surface area contributed by atoms with E-state index in [1.807, 2.05) is 27.7 Å². The van der Waals surface area contributed by atoms with Crippen LogP contribution in [0.25, 0.3) is 6.08 Å². The fourth-order valence-corrected chi connectivity index (χ4v) is 2.19. The van der Waals surface area contributed by atoms with Crippen molar-refractivity contribution in [2.75, 3.05) is 6.61 Å². The highest BCUT2D eigenvalue weighted by Gasteiger charge is 2.52. The summed E-state index contributed by atoms with van der Waals surface area (Å²) in [4.78, 5) is 10.8. The van der Waals surface area contributed by atoms with Crippen LogP contribution in [0.2, 0.25) is 0 Å². The molecule has 1 saturated heterocycles. The molecule has 0 unspecified atom stereocenters. The lowest BCUT2D eigenvalue weighted by atomic mass is 9.77. The predicted molar refractivity (Wildman–Crippen MR) is 82.9 cm³/mol. The van der Waals surface area contributed by atoms with Gasteiger partial charge in [0.15, 0.2) is 6.29 Å². The molecule has 1 fully saturated rings. The Hall–Kier alpha value is -1.57. The molecule has 0 amide bonds. The first kappa shape index (κ1) is 17.8. The van der Waals surface area contributed by atoms with Gasteiger partial charge in [-0.25, -0.2) is 8.78 Å². The molecule has 0 radical (unpaired) electrons. The van der Waals surface area contributed by atoms with Gasteiger partial charge in [-0.1, -0.05) is 6.08 Å². The third-order valence-corrected chi connectivity index (χ3v) is 4.35. The second kappa shape index (κ2) is 6.15. The Kier molecular flexibility index (Phi) is 4.75. The molecule has 2 rings (SSSR count). The topological polar surface area (TPSA) is 55.8 Å². The van der Waals surface area contributed by atoms with Crippen molar-refractivity contribution in [1.29, 1.82) is 0 Å². The molecule has 1 aromatic rings. The van der Waals surface area contributed by atoms with E-state index >= 15 is 0 Å². The molecule has 0 atom stereocenters. The van der Waals surface area contributed by atoms with Crippen LogP contribution in [0.5, 0.6) is 0 Å². The van der Waals surface area contributed by atoms with Gasteiger partial charge in [0.25, 0.3) is 0 Å². The van der Waals surface area contributed by atoms with Gasteiger partial charge >= 0.3 is 7.12 Å². The maximum Gasteiger partial charge on any atom is 0.492 e. The molecule has 0 aliphatic carbocycles. The summed E-state index contributed by atoms with van der Waals surface area (Å²) in [5, 5.41) is 9.57. The van der Waals surface area contributed by atoms with Crippen LogP contribution >= 0.6 is 0 Å². The Balaban J connectivity index is 2.40. The zero-order valence-electron chi connectivity index (χ0n) is 13.5. The van der Waals surface area contributed by atoms with Gasteiger partial charge in [0.2, 0.25) is 0 Å². The second-order valence-corrected chi connectivity index (χ2v) is 6.45. The maximum absolute atomic E-state index is 14.1. The van der Waals surface area contributed by atoms with Crippen molar-refractivity contribution in [3.05, 3.63) is 40.4 Å². The summed E-state index contributed by atoms with van der Waals surface area (Å²) >= 11 is 0. The van der Waals surface area contributed by atoms with E-state index in [9.17, 15) is 18.7 Å². The Morgan fingerprint density at radius 1 is 1.22 bits per heavy atom. The lowest BCUT2D eigenvalue weighted by Gasteiger charge is -2.32. The fraction of sp³-hybridized carbons (Fsp3) is 0.438. The number of aliphatic hydroxyl groups excluding tert-OH is 1. The number of rotatable bonds is 4. The van der Waals surface area contributed by atoms with Crippen molar-refractivity contribution in [3.8, 4) is 0 Å². The molecule has 1 N–H and O–H groups in total. The number of benzene rings is 1. The minimum Gasteiger partial charge on any atom is -0.400 e. The molecule has 1 aliphatic rings. The van der Waals surface area contributed by atoms with Crippen LogP contribution in [0.3, 0.4) is 0 Å². The van der Waals surface area contributed by atoms with Crippen LogP contribution in [-0.4, -0.2) is 36.3 Å². The van der Waals surface area contributed by atoms with E-state index in [1.54, 1.807) is 0 Å². The van der Waals surface area contributed by atoms with Crippen molar-refractivity contribution in [2.24, 2.45) is 0 Å². The van der Waals surface area contributed by atoms with Gasteiger partial charge < -0.3 is 14.4 Å². The highest BCUT2D eigenvalue weighted by molar-refractivity contribution is 6.55. The first-order chi connectivity index (χ1) is 10.6. The Labute approximate surface area is 134 Å². The van der Waals surface area contributed by atoms with Crippen molar-refractivity contribution in [2.45, 2.75) is 38.9 Å². The van der Waals surface area contributed by atoms with Crippen LogP contribution in [0.1, 0.15) is 43.6 Å². The van der Waals surface area contributed by atoms with Crippen molar-refractivity contribution in [3.63, 3.8) is 0 Å². The van der Waals surface area contributed by atoms with Gasteiger partial charge in [-0.05, 0) is 45.3 Å². The van der Waals surface area contributed by atoms with Crippen molar-refractivity contribution in [1.82, 2.24) is 0 Å². The highest BCUT2D eigenvalue weighted by Crippen LogP contribution is 2.38. The number of aldehydes is 1. The second-order valence-electron chi connectivity index (χ2n) is 6.45. The number of halogens is 2. The average Bonchev–Trinajstić information content (AvgIpc) is 2.67. The molecule has 4 nitrogen and oxygen atoms in total. The van der Waals surface area contributed by atoms with E-state index in [4.69, 9.17) is 9.31 Å². The molecular weight excluding hydrogens is 305 g/mol. The van der Waals surface area contributed by atoms with Crippen LogP contribution in [0, 0.1) is 11.6 Å². The Bertz CT molecular complexity index is 640. The van der Waals surface area contributed by atoms with Gasteiger partial charge in [-0.15, -0.1) is 0 Å². The molecule has 1 aliphatic heterocycles. The summed E-state index contributed by atoms with van der Waals surface area (Å²) < 4.78 is 39.1. The smallest absolute Gasteiger partial charge is 0.400 e. The van der Waals surface area contributed by atoms with E-state index in [0.29, 0.717) is 0 Å². The molecule has 1 heterocycles. The number of aliphatic hydroxyl groups is 1. The molecule has 124 valence electrons. The SMILES string of the molecule is CC1(C)OB(C(=Cc2ccc(F)c(C=O)c2F)CO)OC1(C)C. The third kappa shape index (κ3) is 3.22. The minimum atomic E-state index is -0.984. The van der Waals surface area contributed by atoms with Gasteiger partial charge in [-0.3, -0.25) is 4.79 Å². The van der Waals surface area contributed by atoms with Gasteiger partial charge in [0, 0.05) is 5.56 Å². The summed E-state index contributed by atoms with van der Waals surface area (Å²) in [6.45, 7) is 6.98. The number of carbonyl (C=O) groups is 1. The number of hydrogen-bond acceptors (Lipinski definition) is 4. The molecule has 7 heteroatoms. The first-order valence-corrected chi connectivity index (χ1v) is 7.23. The minimum absolute atomic E-state index is 0.0211. The number of carbonyl (C=O) groups excluding carboxylic acids is 1. The largest absolute Gasteiger partial charge is 0.492 e. The van der Waals surface area contributed by atoms with E-state index in [1.165, 1.54) is 12.1 Å². The van der Waals surface area contributed by atoms with E-state index in [2.05, 4.69) is 0 Å². The zero-order chi connectivity index (χ0) is 17.4. The van der Waals surface area contributed by atoms with Gasteiger partial charge in [0.05, 0.1) is 23.4 Å². The quantitative estimate of drug-likeness (QED) is 0.683. The summed E-state index contributed by atoms with van der Waals surface area (Å²) in [6, 6.07) is 2.19. The monoisotopic (exact) mass is 324 g/mol. The molecular formula is C16H19BF2O4. The lowest BCUT2D eigenvalue weighted by molar-refractivity contribution is 0.00578. The third-order valence-electron chi connectivity index (χ3n) is 4.35. The summed E-state index contributed by atoms with van der Waals surface area (Å²) in [6.07, 6.45) is 1.43. The fourth-order valence-electron chi connectivity index (χ4n) is 2.19. The van der Waals surface area contributed by atoms with Gasteiger partial charge in [0.1, 0.15) is 11.6 Å². The zero-order valence-corrected chi connectivity index (χ0v) is 13.5.